The highest BCUT2D eigenvalue weighted by Crippen LogP contribution is 2.21. The Bertz CT molecular complexity index is 903. The molecule has 0 aliphatic rings. The van der Waals surface area contributed by atoms with Crippen molar-refractivity contribution in [3.63, 3.8) is 0 Å². The molecule has 0 aliphatic carbocycles. The van der Waals surface area contributed by atoms with Gasteiger partial charge in [-0.15, -0.1) is 0 Å². The first-order valence-corrected chi connectivity index (χ1v) is 8.39. The molecule has 1 aromatic heterocycles. The third kappa shape index (κ3) is 4.42. The van der Waals surface area contributed by atoms with Gasteiger partial charge in [-0.25, -0.2) is 0 Å². The molecule has 0 fully saturated rings. The molecule has 0 radical (unpaired) electrons. The first kappa shape index (κ1) is 17.5. The second-order valence-electron chi connectivity index (χ2n) is 5.69. The maximum atomic E-state index is 12.2. The first-order chi connectivity index (χ1) is 12.7. The van der Waals surface area contributed by atoms with Crippen molar-refractivity contribution in [3.05, 3.63) is 65.9 Å². The number of ether oxygens (including phenoxy) is 2. The zero-order chi connectivity index (χ0) is 18.4. The van der Waals surface area contributed by atoms with Crippen LogP contribution in [0.4, 0.5) is 0 Å². The molecule has 0 unspecified atom stereocenters. The number of aromatic nitrogens is 1. The monoisotopic (exact) mass is 352 g/mol. The van der Waals surface area contributed by atoms with Gasteiger partial charge in [-0.2, -0.15) is 0 Å². The molecule has 1 heterocycles. The SMILES string of the molecule is CCOc1ccc2cc(C(=O)NCC(=O)OCc3ccccc3)[nH]c2c1. The van der Waals surface area contributed by atoms with Gasteiger partial charge in [-0.1, -0.05) is 30.3 Å². The lowest BCUT2D eigenvalue weighted by Gasteiger charge is -2.06. The zero-order valence-electron chi connectivity index (χ0n) is 14.5. The van der Waals surface area contributed by atoms with Gasteiger partial charge in [0.2, 0.25) is 0 Å². The van der Waals surface area contributed by atoms with E-state index in [1.807, 2.05) is 55.5 Å². The van der Waals surface area contributed by atoms with Crippen LogP contribution in [0, 0.1) is 0 Å². The van der Waals surface area contributed by atoms with E-state index in [1.165, 1.54) is 0 Å². The molecule has 0 saturated heterocycles. The highest BCUT2D eigenvalue weighted by Gasteiger charge is 2.12. The van der Waals surface area contributed by atoms with Crippen molar-refractivity contribution in [2.75, 3.05) is 13.2 Å². The highest BCUT2D eigenvalue weighted by atomic mass is 16.5. The van der Waals surface area contributed by atoms with Crippen molar-refractivity contribution in [3.8, 4) is 5.75 Å². The lowest BCUT2D eigenvalue weighted by atomic mass is 10.2. The van der Waals surface area contributed by atoms with Crippen LogP contribution in [0.1, 0.15) is 23.0 Å². The molecule has 6 nitrogen and oxygen atoms in total. The number of amides is 1. The molecule has 0 saturated carbocycles. The van der Waals surface area contributed by atoms with Crippen molar-refractivity contribution in [1.29, 1.82) is 0 Å². The predicted octanol–water partition coefficient (Wildman–Crippen LogP) is 3.04. The van der Waals surface area contributed by atoms with Gasteiger partial charge in [0, 0.05) is 17.0 Å². The third-order valence-electron chi connectivity index (χ3n) is 3.79. The lowest BCUT2D eigenvalue weighted by molar-refractivity contribution is -0.143. The molecule has 0 bridgehead atoms. The number of carbonyl (C=O) groups excluding carboxylic acids is 2. The summed E-state index contributed by atoms with van der Waals surface area (Å²) in [6, 6.07) is 16.7. The van der Waals surface area contributed by atoms with E-state index in [9.17, 15) is 9.59 Å². The third-order valence-corrected chi connectivity index (χ3v) is 3.79. The Kier molecular flexibility index (Phi) is 5.53. The van der Waals surface area contributed by atoms with E-state index in [0.29, 0.717) is 12.3 Å². The molecule has 2 N–H and O–H groups in total. The van der Waals surface area contributed by atoms with E-state index in [-0.39, 0.29) is 19.1 Å². The van der Waals surface area contributed by atoms with Crippen molar-refractivity contribution >= 4 is 22.8 Å². The fourth-order valence-electron chi connectivity index (χ4n) is 2.52. The first-order valence-electron chi connectivity index (χ1n) is 8.39. The Hall–Kier alpha value is -3.28. The van der Waals surface area contributed by atoms with E-state index in [1.54, 1.807) is 6.07 Å². The normalized spacial score (nSPS) is 10.5. The van der Waals surface area contributed by atoms with Crippen molar-refractivity contribution in [2.45, 2.75) is 13.5 Å². The van der Waals surface area contributed by atoms with Gasteiger partial charge >= 0.3 is 5.97 Å². The number of hydrogen-bond donors (Lipinski definition) is 2. The summed E-state index contributed by atoms with van der Waals surface area (Å²) in [7, 11) is 0. The summed E-state index contributed by atoms with van der Waals surface area (Å²) in [6.45, 7) is 2.48. The Balaban J connectivity index is 1.54. The van der Waals surface area contributed by atoms with E-state index in [0.717, 1.165) is 22.2 Å². The van der Waals surface area contributed by atoms with Crippen LogP contribution >= 0.6 is 0 Å². The summed E-state index contributed by atoms with van der Waals surface area (Å²) in [5.41, 5.74) is 2.07. The van der Waals surface area contributed by atoms with Gasteiger partial charge < -0.3 is 19.8 Å². The molecular formula is C20H20N2O4. The van der Waals surface area contributed by atoms with Crippen LogP contribution in [0.3, 0.4) is 0 Å². The smallest absolute Gasteiger partial charge is 0.325 e. The summed E-state index contributed by atoms with van der Waals surface area (Å²) in [4.78, 5) is 27.0. The second-order valence-corrected chi connectivity index (χ2v) is 5.69. The van der Waals surface area contributed by atoms with E-state index in [4.69, 9.17) is 9.47 Å². The Morgan fingerprint density at radius 2 is 1.88 bits per heavy atom. The number of fused-ring (bicyclic) bond motifs is 1. The maximum Gasteiger partial charge on any atom is 0.325 e. The molecule has 0 atom stereocenters. The number of benzene rings is 2. The number of rotatable bonds is 7. The molecule has 3 rings (SSSR count). The standard InChI is InChI=1S/C20H20N2O4/c1-2-25-16-9-8-15-10-18(22-17(15)11-16)20(24)21-12-19(23)26-13-14-6-4-3-5-7-14/h3-11,22H,2,12-13H2,1H3,(H,21,24). The largest absolute Gasteiger partial charge is 0.494 e. The predicted molar refractivity (Wildman–Crippen MR) is 98.0 cm³/mol. The lowest BCUT2D eigenvalue weighted by Crippen LogP contribution is -2.30. The summed E-state index contributed by atoms with van der Waals surface area (Å²) in [5.74, 6) is -0.119. The summed E-state index contributed by atoms with van der Waals surface area (Å²) >= 11 is 0. The molecule has 2 aromatic carbocycles. The fourth-order valence-corrected chi connectivity index (χ4v) is 2.52. The van der Waals surface area contributed by atoms with Gasteiger partial charge in [-0.05, 0) is 30.7 Å². The Morgan fingerprint density at radius 3 is 2.65 bits per heavy atom. The van der Waals surface area contributed by atoms with Gasteiger partial charge in [0.05, 0.1) is 6.61 Å². The van der Waals surface area contributed by atoms with Crippen LogP contribution in [0.5, 0.6) is 5.75 Å². The van der Waals surface area contributed by atoms with E-state index < -0.39 is 5.97 Å². The Labute approximate surface area is 151 Å². The molecule has 134 valence electrons. The number of nitrogens with one attached hydrogen (secondary N) is 2. The molecule has 0 spiro atoms. The summed E-state index contributed by atoms with van der Waals surface area (Å²) < 4.78 is 10.6. The quantitative estimate of drug-likeness (QED) is 0.641. The zero-order valence-corrected chi connectivity index (χ0v) is 14.5. The van der Waals surface area contributed by atoms with Crippen molar-refractivity contribution in [1.82, 2.24) is 10.3 Å². The Morgan fingerprint density at radius 1 is 1.08 bits per heavy atom. The molecule has 26 heavy (non-hydrogen) atoms. The molecular weight excluding hydrogens is 332 g/mol. The average Bonchev–Trinajstić information content (AvgIpc) is 3.09. The fraction of sp³-hybridized carbons (Fsp3) is 0.200. The van der Waals surface area contributed by atoms with Crippen LogP contribution < -0.4 is 10.1 Å². The number of hydrogen-bond acceptors (Lipinski definition) is 4. The highest BCUT2D eigenvalue weighted by molar-refractivity contribution is 5.99. The number of H-pyrrole nitrogens is 1. The second kappa shape index (κ2) is 8.20. The van der Waals surface area contributed by atoms with Crippen LogP contribution in [0.15, 0.2) is 54.6 Å². The minimum Gasteiger partial charge on any atom is -0.494 e. The summed E-state index contributed by atoms with van der Waals surface area (Å²) in [5, 5.41) is 3.45. The van der Waals surface area contributed by atoms with Gasteiger partial charge in [-0.3, -0.25) is 9.59 Å². The average molecular weight is 352 g/mol. The molecule has 3 aromatic rings. The van der Waals surface area contributed by atoms with Crippen LogP contribution in [0.2, 0.25) is 0 Å². The van der Waals surface area contributed by atoms with Crippen LogP contribution in [0.25, 0.3) is 10.9 Å². The number of aromatic amines is 1. The summed E-state index contributed by atoms with van der Waals surface area (Å²) in [6.07, 6.45) is 0. The van der Waals surface area contributed by atoms with E-state index >= 15 is 0 Å². The minimum absolute atomic E-state index is 0.183. The number of esters is 1. The van der Waals surface area contributed by atoms with Gasteiger partial charge in [0.25, 0.3) is 5.91 Å². The van der Waals surface area contributed by atoms with Crippen molar-refractivity contribution < 1.29 is 19.1 Å². The van der Waals surface area contributed by atoms with E-state index in [2.05, 4.69) is 10.3 Å². The number of carbonyl (C=O) groups is 2. The van der Waals surface area contributed by atoms with Crippen LogP contribution in [-0.2, 0) is 16.1 Å². The molecule has 6 heteroatoms. The molecule has 0 aliphatic heterocycles. The van der Waals surface area contributed by atoms with Gasteiger partial charge in [0.1, 0.15) is 24.6 Å². The topological polar surface area (TPSA) is 80.4 Å². The van der Waals surface area contributed by atoms with Crippen molar-refractivity contribution in [2.24, 2.45) is 0 Å². The van der Waals surface area contributed by atoms with Crippen LogP contribution in [-0.4, -0.2) is 30.0 Å². The maximum absolute atomic E-state index is 12.2. The molecule has 1 amide bonds. The minimum atomic E-state index is -0.489. The van der Waals surface area contributed by atoms with Gasteiger partial charge in [0.15, 0.2) is 0 Å².